The van der Waals surface area contributed by atoms with Gasteiger partial charge in [-0.05, 0) is 57.1 Å². The lowest BCUT2D eigenvalue weighted by Gasteiger charge is -2.47. The van der Waals surface area contributed by atoms with Crippen LogP contribution in [0.3, 0.4) is 0 Å². The molecule has 3 rings (SSSR count). The second kappa shape index (κ2) is 5.57. The van der Waals surface area contributed by atoms with Crippen LogP contribution in [0.2, 0.25) is 0 Å². The molecule has 0 aromatic heterocycles. The van der Waals surface area contributed by atoms with Crippen LogP contribution in [0, 0.1) is 5.92 Å². The molecule has 2 saturated heterocycles. The highest BCUT2D eigenvalue weighted by Crippen LogP contribution is 2.48. The standard InChI is InChI=1S/C16H28O2S/c1-15(7-5-11-19-15)14(17)13-6-10-18-16(12-13)8-3-2-4-9-16/h13-14,17H,2-12H2,1H3. The topological polar surface area (TPSA) is 29.5 Å². The van der Waals surface area contributed by atoms with Crippen LogP contribution in [-0.2, 0) is 4.74 Å². The molecule has 3 atom stereocenters. The van der Waals surface area contributed by atoms with Gasteiger partial charge in [-0.1, -0.05) is 19.3 Å². The molecule has 0 radical (unpaired) electrons. The molecule has 1 N–H and O–H groups in total. The lowest BCUT2D eigenvalue weighted by molar-refractivity contribution is -0.136. The number of aliphatic hydroxyl groups is 1. The smallest absolute Gasteiger partial charge is 0.0714 e. The van der Waals surface area contributed by atoms with Gasteiger partial charge in [0.15, 0.2) is 0 Å². The third kappa shape index (κ3) is 2.84. The molecule has 3 heteroatoms. The minimum absolute atomic E-state index is 0.109. The van der Waals surface area contributed by atoms with E-state index in [4.69, 9.17) is 4.74 Å². The van der Waals surface area contributed by atoms with Gasteiger partial charge < -0.3 is 9.84 Å². The van der Waals surface area contributed by atoms with Gasteiger partial charge in [-0.15, -0.1) is 0 Å². The molecular formula is C16H28O2S. The van der Waals surface area contributed by atoms with Gasteiger partial charge in [-0.3, -0.25) is 0 Å². The van der Waals surface area contributed by atoms with Gasteiger partial charge in [0, 0.05) is 11.4 Å². The van der Waals surface area contributed by atoms with Crippen molar-refractivity contribution in [3.8, 4) is 0 Å². The monoisotopic (exact) mass is 284 g/mol. The molecule has 0 bridgehead atoms. The van der Waals surface area contributed by atoms with Crippen molar-refractivity contribution in [1.29, 1.82) is 0 Å². The lowest BCUT2D eigenvalue weighted by Crippen LogP contribution is -2.49. The summed E-state index contributed by atoms with van der Waals surface area (Å²) in [5.74, 6) is 1.68. The van der Waals surface area contributed by atoms with Crippen LogP contribution in [0.15, 0.2) is 0 Å². The fourth-order valence-electron chi connectivity index (χ4n) is 4.41. The van der Waals surface area contributed by atoms with Gasteiger partial charge >= 0.3 is 0 Å². The molecule has 3 aliphatic rings. The summed E-state index contributed by atoms with van der Waals surface area (Å²) in [7, 11) is 0. The van der Waals surface area contributed by atoms with E-state index in [9.17, 15) is 5.11 Å². The number of rotatable bonds is 2. The highest BCUT2D eigenvalue weighted by atomic mass is 32.2. The highest BCUT2D eigenvalue weighted by molar-refractivity contribution is 8.00. The minimum Gasteiger partial charge on any atom is -0.391 e. The molecule has 3 fully saturated rings. The van der Waals surface area contributed by atoms with E-state index in [1.54, 1.807) is 0 Å². The number of ether oxygens (including phenoxy) is 1. The Kier molecular flexibility index (Phi) is 4.17. The van der Waals surface area contributed by atoms with E-state index >= 15 is 0 Å². The summed E-state index contributed by atoms with van der Waals surface area (Å²) in [5.41, 5.74) is 0.127. The van der Waals surface area contributed by atoms with Crippen molar-refractivity contribution in [2.45, 2.75) is 81.2 Å². The van der Waals surface area contributed by atoms with E-state index in [1.807, 2.05) is 11.8 Å². The van der Waals surface area contributed by atoms with Gasteiger partial charge in [-0.2, -0.15) is 11.8 Å². The van der Waals surface area contributed by atoms with Crippen LogP contribution in [-0.4, -0.2) is 33.9 Å². The number of thioether (sulfide) groups is 1. The zero-order chi connectivity index (χ0) is 13.3. The van der Waals surface area contributed by atoms with Crippen LogP contribution in [0.4, 0.5) is 0 Å². The molecule has 0 aromatic carbocycles. The van der Waals surface area contributed by atoms with E-state index in [0.29, 0.717) is 5.92 Å². The maximum absolute atomic E-state index is 10.9. The average Bonchev–Trinajstić information content (AvgIpc) is 2.87. The first-order valence-electron chi connectivity index (χ1n) is 8.10. The Morgan fingerprint density at radius 1 is 1.16 bits per heavy atom. The Morgan fingerprint density at radius 2 is 1.95 bits per heavy atom. The third-order valence-corrected chi connectivity index (χ3v) is 7.22. The Morgan fingerprint density at radius 3 is 2.63 bits per heavy atom. The molecule has 2 heterocycles. The summed E-state index contributed by atoms with van der Waals surface area (Å²) >= 11 is 1.99. The molecule has 110 valence electrons. The van der Waals surface area contributed by atoms with Crippen LogP contribution >= 0.6 is 11.8 Å². The van der Waals surface area contributed by atoms with Gasteiger partial charge in [0.05, 0.1) is 11.7 Å². The number of hydrogen-bond acceptors (Lipinski definition) is 3. The molecule has 1 saturated carbocycles. The van der Waals surface area contributed by atoms with Crippen molar-refractivity contribution in [2.24, 2.45) is 5.92 Å². The maximum Gasteiger partial charge on any atom is 0.0714 e. The second-order valence-corrected chi connectivity index (χ2v) is 8.68. The van der Waals surface area contributed by atoms with Gasteiger partial charge in [-0.25, -0.2) is 0 Å². The molecule has 2 nitrogen and oxygen atoms in total. The fourth-order valence-corrected chi connectivity index (χ4v) is 5.82. The molecule has 19 heavy (non-hydrogen) atoms. The van der Waals surface area contributed by atoms with Gasteiger partial charge in [0.25, 0.3) is 0 Å². The average molecular weight is 284 g/mol. The normalized spacial score (nSPS) is 40.4. The summed E-state index contributed by atoms with van der Waals surface area (Å²) in [6, 6.07) is 0. The first-order chi connectivity index (χ1) is 9.14. The lowest BCUT2D eigenvalue weighted by atomic mass is 9.72. The second-order valence-electron chi connectivity index (χ2n) is 7.05. The molecule has 2 aliphatic heterocycles. The van der Waals surface area contributed by atoms with Crippen molar-refractivity contribution in [2.75, 3.05) is 12.4 Å². The zero-order valence-electron chi connectivity index (χ0n) is 12.2. The Hall–Kier alpha value is 0.270. The largest absolute Gasteiger partial charge is 0.391 e. The van der Waals surface area contributed by atoms with Gasteiger partial charge in [0.2, 0.25) is 0 Å². The first-order valence-corrected chi connectivity index (χ1v) is 9.08. The summed E-state index contributed by atoms with van der Waals surface area (Å²) < 4.78 is 6.27. The SMILES string of the molecule is CC1(C(O)C2CCOC3(CCCCC3)C2)CCCS1. The summed E-state index contributed by atoms with van der Waals surface area (Å²) in [4.78, 5) is 0. The van der Waals surface area contributed by atoms with Crippen LogP contribution in [0.5, 0.6) is 0 Å². The molecule has 3 unspecified atom stereocenters. The van der Waals surface area contributed by atoms with E-state index in [0.717, 1.165) is 19.4 Å². The molecule has 1 aliphatic carbocycles. The first kappa shape index (κ1) is 14.2. The summed E-state index contributed by atoms with van der Waals surface area (Å²) in [6.07, 6.45) is 10.9. The quantitative estimate of drug-likeness (QED) is 0.837. The summed E-state index contributed by atoms with van der Waals surface area (Å²) in [5, 5.41) is 10.9. The Balaban J connectivity index is 1.67. The van der Waals surface area contributed by atoms with E-state index in [-0.39, 0.29) is 16.5 Å². The number of aliphatic hydroxyl groups excluding tert-OH is 1. The third-order valence-electron chi connectivity index (χ3n) is 5.62. The van der Waals surface area contributed by atoms with Crippen LogP contribution < -0.4 is 0 Å². The van der Waals surface area contributed by atoms with Crippen molar-refractivity contribution < 1.29 is 9.84 Å². The van der Waals surface area contributed by atoms with Crippen molar-refractivity contribution >= 4 is 11.8 Å². The van der Waals surface area contributed by atoms with E-state index in [1.165, 1.54) is 50.7 Å². The van der Waals surface area contributed by atoms with Crippen molar-refractivity contribution in [1.82, 2.24) is 0 Å². The molecule has 0 amide bonds. The maximum atomic E-state index is 10.9. The van der Waals surface area contributed by atoms with Crippen LogP contribution in [0.1, 0.15) is 64.7 Å². The Labute approximate surface area is 121 Å². The fraction of sp³-hybridized carbons (Fsp3) is 1.00. The van der Waals surface area contributed by atoms with Crippen molar-refractivity contribution in [3.63, 3.8) is 0 Å². The molecule has 0 aromatic rings. The molecular weight excluding hydrogens is 256 g/mol. The Bertz CT molecular complexity index is 300. The zero-order valence-corrected chi connectivity index (χ0v) is 13.0. The van der Waals surface area contributed by atoms with Crippen molar-refractivity contribution in [3.05, 3.63) is 0 Å². The summed E-state index contributed by atoms with van der Waals surface area (Å²) in [6.45, 7) is 3.14. The highest BCUT2D eigenvalue weighted by Gasteiger charge is 2.46. The minimum atomic E-state index is -0.136. The van der Waals surface area contributed by atoms with Crippen LogP contribution in [0.25, 0.3) is 0 Å². The van der Waals surface area contributed by atoms with Gasteiger partial charge in [0.1, 0.15) is 0 Å². The predicted molar refractivity (Wildman–Crippen MR) is 80.6 cm³/mol. The predicted octanol–water partition coefficient (Wildman–Crippen LogP) is 3.76. The van der Waals surface area contributed by atoms with E-state index < -0.39 is 0 Å². The van der Waals surface area contributed by atoms with E-state index in [2.05, 4.69) is 6.92 Å². The number of hydrogen-bond donors (Lipinski definition) is 1. The molecule has 1 spiro atoms.